The standard InChI is InChI=1S/C14H11BrO3/c15-10-3-4-13-9(5-10)6-14(18-13)12(17)7-11(16)8-1-2-8/h3-6,8H,1-2,7H2. The average Bonchev–Trinajstić information content (AvgIpc) is 3.09. The summed E-state index contributed by atoms with van der Waals surface area (Å²) in [4.78, 5) is 23.5. The summed E-state index contributed by atoms with van der Waals surface area (Å²) in [6.07, 6.45) is 1.82. The summed E-state index contributed by atoms with van der Waals surface area (Å²) in [7, 11) is 0. The Morgan fingerprint density at radius 2 is 2.06 bits per heavy atom. The first-order chi connectivity index (χ1) is 8.63. The van der Waals surface area contributed by atoms with Crippen molar-refractivity contribution >= 4 is 38.5 Å². The second-order valence-corrected chi connectivity index (χ2v) is 5.55. The van der Waals surface area contributed by atoms with E-state index in [1.165, 1.54) is 0 Å². The molecule has 1 aromatic heterocycles. The molecular weight excluding hydrogens is 296 g/mol. The van der Waals surface area contributed by atoms with Crippen LogP contribution in [-0.4, -0.2) is 11.6 Å². The minimum Gasteiger partial charge on any atom is -0.453 e. The topological polar surface area (TPSA) is 47.3 Å². The lowest BCUT2D eigenvalue weighted by molar-refractivity contribution is -0.119. The quantitative estimate of drug-likeness (QED) is 0.638. The van der Waals surface area contributed by atoms with Crippen LogP contribution >= 0.6 is 15.9 Å². The number of benzene rings is 1. The highest BCUT2D eigenvalue weighted by Gasteiger charge is 2.31. The molecule has 0 spiro atoms. The van der Waals surface area contributed by atoms with Crippen LogP contribution in [0.4, 0.5) is 0 Å². The number of hydrogen-bond acceptors (Lipinski definition) is 3. The third-order valence-electron chi connectivity index (χ3n) is 3.12. The minimum absolute atomic E-state index is 0.0361. The Morgan fingerprint density at radius 3 is 2.78 bits per heavy atom. The molecule has 3 nitrogen and oxygen atoms in total. The zero-order chi connectivity index (χ0) is 12.7. The van der Waals surface area contributed by atoms with Crippen LogP contribution in [0.3, 0.4) is 0 Å². The summed E-state index contributed by atoms with van der Waals surface area (Å²) in [5.74, 6) is 0.213. The van der Waals surface area contributed by atoms with Gasteiger partial charge in [0.15, 0.2) is 5.76 Å². The van der Waals surface area contributed by atoms with E-state index < -0.39 is 0 Å². The fourth-order valence-electron chi connectivity index (χ4n) is 1.95. The van der Waals surface area contributed by atoms with Crippen molar-refractivity contribution in [3.63, 3.8) is 0 Å². The van der Waals surface area contributed by atoms with Crippen LogP contribution in [0.25, 0.3) is 11.0 Å². The molecule has 2 aromatic rings. The molecule has 0 atom stereocenters. The molecule has 0 N–H and O–H groups in total. The Kier molecular flexibility index (Phi) is 2.82. The molecule has 0 bridgehead atoms. The van der Waals surface area contributed by atoms with E-state index in [0.717, 1.165) is 22.7 Å². The fourth-order valence-corrected chi connectivity index (χ4v) is 2.33. The predicted molar refractivity (Wildman–Crippen MR) is 70.6 cm³/mol. The number of Topliss-reactive ketones (excluding diaryl/α,β-unsaturated/α-hetero) is 2. The zero-order valence-electron chi connectivity index (χ0n) is 9.61. The smallest absolute Gasteiger partial charge is 0.205 e. The van der Waals surface area contributed by atoms with E-state index in [4.69, 9.17) is 4.42 Å². The average molecular weight is 307 g/mol. The third-order valence-corrected chi connectivity index (χ3v) is 3.61. The van der Waals surface area contributed by atoms with Crippen LogP contribution in [0.2, 0.25) is 0 Å². The number of halogens is 1. The lowest BCUT2D eigenvalue weighted by atomic mass is 10.1. The van der Waals surface area contributed by atoms with Crippen LogP contribution in [0.1, 0.15) is 29.8 Å². The monoisotopic (exact) mass is 306 g/mol. The molecule has 1 aliphatic rings. The van der Waals surface area contributed by atoms with Gasteiger partial charge in [0.2, 0.25) is 5.78 Å². The molecule has 0 radical (unpaired) electrons. The first-order valence-corrected chi connectivity index (χ1v) is 6.68. The third kappa shape index (κ3) is 2.25. The Bertz CT molecular complexity index is 638. The van der Waals surface area contributed by atoms with E-state index in [0.29, 0.717) is 5.58 Å². The number of ketones is 2. The Balaban J connectivity index is 1.84. The van der Waals surface area contributed by atoms with Crippen molar-refractivity contribution < 1.29 is 14.0 Å². The van der Waals surface area contributed by atoms with Crippen molar-refractivity contribution in [2.24, 2.45) is 5.92 Å². The van der Waals surface area contributed by atoms with E-state index in [1.54, 1.807) is 12.1 Å². The van der Waals surface area contributed by atoms with E-state index >= 15 is 0 Å². The minimum atomic E-state index is -0.223. The van der Waals surface area contributed by atoms with Gasteiger partial charge in [0.1, 0.15) is 11.4 Å². The molecule has 1 aliphatic carbocycles. The van der Waals surface area contributed by atoms with Gasteiger partial charge in [-0.25, -0.2) is 0 Å². The van der Waals surface area contributed by atoms with E-state index in [-0.39, 0.29) is 29.7 Å². The molecule has 3 rings (SSSR count). The molecule has 92 valence electrons. The fraction of sp³-hybridized carbons (Fsp3) is 0.286. The normalized spacial score (nSPS) is 14.9. The van der Waals surface area contributed by atoms with Gasteiger partial charge in [0.05, 0.1) is 6.42 Å². The second kappa shape index (κ2) is 4.35. The second-order valence-electron chi connectivity index (χ2n) is 4.63. The van der Waals surface area contributed by atoms with Crippen LogP contribution in [-0.2, 0) is 4.79 Å². The SMILES string of the molecule is O=C(CC(=O)C1CC1)c1cc2cc(Br)ccc2o1. The van der Waals surface area contributed by atoms with Gasteiger partial charge in [-0.2, -0.15) is 0 Å². The first-order valence-electron chi connectivity index (χ1n) is 5.88. The van der Waals surface area contributed by atoms with Crippen molar-refractivity contribution in [2.75, 3.05) is 0 Å². The highest BCUT2D eigenvalue weighted by Crippen LogP contribution is 2.31. The van der Waals surface area contributed by atoms with Crippen LogP contribution in [0.15, 0.2) is 33.2 Å². The summed E-state index contributed by atoms with van der Waals surface area (Å²) < 4.78 is 6.40. The molecule has 4 heteroatoms. The summed E-state index contributed by atoms with van der Waals surface area (Å²) in [5.41, 5.74) is 0.667. The van der Waals surface area contributed by atoms with Crippen LogP contribution in [0.5, 0.6) is 0 Å². The highest BCUT2D eigenvalue weighted by molar-refractivity contribution is 9.10. The maximum absolute atomic E-state index is 11.9. The van der Waals surface area contributed by atoms with Crippen molar-refractivity contribution in [3.8, 4) is 0 Å². The highest BCUT2D eigenvalue weighted by atomic mass is 79.9. The molecule has 18 heavy (non-hydrogen) atoms. The molecule has 1 aromatic carbocycles. The van der Waals surface area contributed by atoms with Gasteiger partial charge in [-0.15, -0.1) is 0 Å². The van der Waals surface area contributed by atoms with Crippen molar-refractivity contribution in [3.05, 3.63) is 34.5 Å². The van der Waals surface area contributed by atoms with Gasteiger partial charge in [0.25, 0.3) is 0 Å². The number of carbonyl (C=O) groups excluding carboxylic acids is 2. The maximum Gasteiger partial charge on any atom is 0.205 e. The maximum atomic E-state index is 11.9. The lowest BCUT2D eigenvalue weighted by Crippen LogP contribution is -2.08. The van der Waals surface area contributed by atoms with Crippen molar-refractivity contribution in [2.45, 2.75) is 19.3 Å². The molecule has 0 amide bonds. The zero-order valence-corrected chi connectivity index (χ0v) is 11.2. The summed E-state index contributed by atoms with van der Waals surface area (Å²) >= 11 is 3.37. The molecule has 1 heterocycles. The number of furan rings is 1. The molecule has 0 unspecified atom stereocenters. The molecule has 1 saturated carbocycles. The number of fused-ring (bicyclic) bond motifs is 1. The summed E-state index contributed by atoms with van der Waals surface area (Å²) in [5, 5.41) is 0.867. The van der Waals surface area contributed by atoms with Gasteiger partial charge in [-0.05, 0) is 37.1 Å². The predicted octanol–water partition coefficient (Wildman–Crippen LogP) is 3.75. The lowest BCUT2D eigenvalue weighted by Gasteiger charge is -1.94. The number of carbonyl (C=O) groups is 2. The van der Waals surface area contributed by atoms with Crippen molar-refractivity contribution in [1.29, 1.82) is 0 Å². The first kappa shape index (κ1) is 11.7. The van der Waals surface area contributed by atoms with E-state index in [2.05, 4.69) is 15.9 Å². The Labute approximate surface area is 112 Å². The van der Waals surface area contributed by atoms with Gasteiger partial charge < -0.3 is 4.42 Å². The number of rotatable bonds is 4. The van der Waals surface area contributed by atoms with E-state index in [1.807, 2.05) is 12.1 Å². The summed E-state index contributed by atoms with van der Waals surface area (Å²) in [6.45, 7) is 0. The van der Waals surface area contributed by atoms with E-state index in [9.17, 15) is 9.59 Å². The molecule has 0 aliphatic heterocycles. The summed E-state index contributed by atoms with van der Waals surface area (Å²) in [6, 6.07) is 7.25. The van der Waals surface area contributed by atoms with Gasteiger partial charge in [-0.1, -0.05) is 15.9 Å². The Morgan fingerprint density at radius 1 is 1.28 bits per heavy atom. The largest absolute Gasteiger partial charge is 0.453 e. The number of hydrogen-bond donors (Lipinski definition) is 0. The Hall–Kier alpha value is -1.42. The molecular formula is C14H11BrO3. The molecule has 1 fully saturated rings. The molecule has 0 saturated heterocycles. The van der Waals surface area contributed by atoms with Gasteiger partial charge in [-0.3, -0.25) is 9.59 Å². The van der Waals surface area contributed by atoms with Gasteiger partial charge >= 0.3 is 0 Å². The van der Waals surface area contributed by atoms with Crippen molar-refractivity contribution in [1.82, 2.24) is 0 Å². The van der Waals surface area contributed by atoms with Crippen LogP contribution in [0, 0.1) is 5.92 Å². The van der Waals surface area contributed by atoms with Crippen LogP contribution < -0.4 is 0 Å². The van der Waals surface area contributed by atoms with Gasteiger partial charge in [0, 0.05) is 15.8 Å².